The van der Waals surface area contributed by atoms with Crippen LogP contribution in [0.15, 0.2) is 59.6 Å². The van der Waals surface area contributed by atoms with Crippen LogP contribution in [0.4, 0.5) is 0 Å². The summed E-state index contributed by atoms with van der Waals surface area (Å²) in [5.74, 6) is 3.34. The molecule has 0 aliphatic heterocycles. The van der Waals surface area contributed by atoms with Crippen LogP contribution >= 0.6 is 0 Å². The summed E-state index contributed by atoms with van der Waals surface area (Å²) in [4.78, 5) is 17.5. The first-order chi connectivity index (χ1) is 15.2. The highest BCUT2D eigenvalue weighted by molar-refractivity contribution is 5.70. The van der Waals surface area contributed by atoms with Gasteiger partial charge in [0.1, 0.15) is 11.6 Å². The Labute approximate surface area is 179 Å². The first-order valence-electron chi connectivity index (χ1n) is 10.0. The van der Waals surface area contributed by atoms with Gasteiger partial charge in [0.05, 0.1) is 25.5 Å². The van der Waals surface area contributed by atoms with Crippen molar-refractivity contribution in [1.29, 1.82) is 0 Å². The summed E-state index contributed by atoms with van der Waals surface area (Å²) in [6.45, 7) is 2.44. The van der Waals surface area contributed by atoms with E-state index in [4.69, 9.17) is 14.0 Å². The monoisotopic (exact) mass is 415 g/mol. The Hall–Kier alpha value is -3.81. The second-order valence-corrected chi connectivity index (χ2v) is 7.50. The Kier molecular flexibility index (Phi) is 5.03. The van der Waals surface area contributed by atoms with E-state index >= 15 is 0 Å². The van der Waals surface area contributed by atoms with Crippen molar-refractivity contribution < 1.29 is 14.0 Å². The third-order valence-corrected chi connectivity index (χ3v) is 5.41. The molecule has 3 aromatic heterocycles. The van der Waals surface area contributed by atoms with Crippen LogP contribution in [0.3, 0.4) is 0 Å². The molecular formula is C23H21N5O3. The number of benzene rings is 1. The van der Waals surface area contributed by atoms with Crippen molar-refractivity contribution in [3.8, 4) is 34.2 Å². The van der Waals surface area contributed by atoms with Gasteiger partial charge in [0.15, 0.2) is 6.33 Å². The molecule has 8 nitrogen and oxygen atoms in total. The van der Waals surface area contributed by atoms with E-state index in [-0.39, 0.29) is 0 Å². The fourth-order valence-corrected chi connectivity index (χ4v) is 3.56. The van der Waals surface area contributed by atoms with Crippen LogP contribution in [0.1, 0.15) is 23.9 Å². The summed E-state index contributed by atoms with van der Waals surface area (Å²) >= 11 is 0. The molecule has 2 unspecified atom stereocenters. The van der Waals surface area contributed by atoms with Gasteiger partial charge in [-0.15, -0.1) is 0 Å². The van der Waals surface area contributed by atoms with Gasteiger partial charge in [-0.2, -0.15) is 9.97 Å². The maximum Gasteiger partial charge on any atom is 0.257 e. The Morgan fingerprint density at radius 3 is 2.55 bits per heavy atom. The summed E-state index contributed by atoms with van der Waals surface area (Å²) in [5, 5.41) is 3.65. The standard InChI is InChI=1S/C23H21N5O3/c1-14-24-11-20(15-3-5-16(6-4-15)22-26-13-27-31-22)23(28-14)30-12-17-9-19(17)21-8-7-18(29-2)10-25-21/h3-8,10-11,13,17,19H,9,12H2,1-2H3. The normalized spacial score (nSPS) is 17.4. The zero-order valence-electron chi connectivity index (χ0n) is 17.2. The predicted octanol–water partition coefficient (Wildman–Crippen LogP) is 4.09. The smallest absolute Gasteiger partial charge is 0.257 e. The van der Waals surface area contributed by atoms with Gasteiger partial charge in [-0.1, -0.05) is 17.3 Å². The lowest BCUT2D eigenvalue weighted by Gasteiger charge is -2.11. The molecule has 0 saturated heterocycles. The number of aryl methyl sites for hydroxylation is 1. The van der Waals surface area contributed by atoms with Crippen LogP contribution in [0.25, 0.3) is 22.6 Å². The molecule has 8 heteroatoms. The molecular weight excluding hydrogens is 394 g/mol. The molecule has 1 aliphatic rings. The first-order valence-corrected chi connectivity index (χ1v) is 10.0. The number of ether oxygens (including phenoxy) is 2. The van der Waals surface area contributed by atoms with E-state index < -0.39 is 0 Å². The fraction of sp³-hybridized carbons (Fsp3) is 0.261. The number of rotatable bonds is 7. The number of methoxy groups -OCH3 is 1. The van der Waals surface area contributed by atoms with E-state index in [2.05, 4.69) is 25.1 Å². The Balaban J connectivity index is 1.29. The first kappa shape index (κ1) is 19.2. The van der Waals surface area contributed by atoms with Crippen molar-refractivity contribution in [2.24, 2.45) is 5.92 Å². The van der Waals surface area contributed by atoms with E-state index in [1.54, 1.807) is 19.5 Å². The molecule has 0 bridgehead atoms. The van der Waals surface area contributed by atoms with Gasteiger partial charge >= 0.3 is 0 Å². The van der Waals surface area contributed by atoms with Crippen LogP contribution in [-0.2, 0) is 0 Å². The van der Waals surface area contributed by atoms with E-state index in [0.717, 1.165) is 34.6 Å². The highest BCUT2D eigenvalue weighted by Crippen LogP contribution is 2.47. The zero-order valence-corrected chi connectivity index (χ0v) is 17.2. The van der Waals surface area contributed by atoms with Gasteiger partial charge in [0.25, 0.3) is 5.89 Å². The van der Waals surface area contributed by atoms with Crippen molar-refractivity contribution in [3.63, 3.8) is 0 Å². The molecule has 1 fully saturated rings. The SMILES string of the molecule is COc1ccc(C2CC2COc2nc(C)ncc2-c2ccc(-c3ncno3)cc2)nc1. The minimum absolute atomic E-state index is 0.408. The fourth-order valence-electron chi connectivity index (χ4n) is 3.56. The molecule has 31 heavy (non-hydrogen) atoms. The maximum atomic E-state index is 6.15. The highest BCUT2D eigenvalue weighted by Gasteiger charge is 2.40. The summed E-state index contributed by atoms with van der Waals surface area (Å²) < 4.78 is 16.4. The third kappa shape index (κ3) is 4.09. The topological polar surface area (TPSA) is 96.1 Å². The quantitative estimate of drug-likeness (QED) is 0.445. The molecule has 0 amide bonds. The van der Waals surface area contributed by atoms with Gasteiger partial charge in [-0.25, -0.2) is 4.98 Å². The lowest BCUT2D eigenvalue weighted by atomic mass is 10.1. The molecule has 3 heterocycles. The number of nitrogens with zero attached hydrogens (tertiary/aromatic N) is 5. The van der Waals surface area contributed by atoms with Crippen LogP contribution in [-0.4, -0.2) is 38.8 Å². The van der Waals surface area contributed by atoms with Crippen molar-refractivity contribution >= 4 is 0 Å². The summed E-state index contributed by atoms with van der Waals surface area (Å²) in [7, 11) is 1.64. The van der Waals surface area contributed by atoms with Gasteiger partial charge in [-0.05, 0) is 43.2 Å². The van der Waals surface area contributed by atoms with Crippen LogP contribution in [0.5, 0.6) is 11.6 Å². The summed E-state index contributed by atoms with van der Waals surface area (Å²) in [5.41, 5.74) is 3.74. The third-order valence-electron chi connectivity index (χ3n) is 5.41. The predicted molar refractivity (Wildman–Crippen MR) is 113 cm³/mol. The second-order valence-electron chi connectivity index (χ2n) is 7.50. The van der Waals surface area contributed by atoms with E-state index in [0.29, 0.717) is 36.0 Å². The average Bonchev–Trinajstić information content (AvgIpc) is 3.38. The number of pyridine rings is 1. The number of aromatic nitrogens is 5. The van der Waals surface area contributed by atoms with Gasteiger partial charge in [-0.3, -0.25) is 4.98 Å². The minimum atomic E-state index is 0.408. The van der Waals surface area contributed by atoms with E-state index in [9.17, 15) is 0 Å². The summed E-state index contributed by atoms with van der Waals surface area (Å²) in [6.07, 6.45) is 6.00. The van der Waals surface area contributed by atoms with Crippen molar-refractivity contribution in [2.45, 2.75) is 19.3 Å². The van der Waals surface area contributed by atoms with E-state index in [1.165, 1.54) is 6.33 Å². The van der Waals surface area contributed by atoms with Gasteiger partial charge in [0, 0.05) is 29.3 Å². The van der Waals surface area contributed by atoms with Crippen molar-refractivity contribution in [1.82, 2.24) is 25.1 Å². The number of hydrogen-bond donors (Lipinski definition) is 0. The van der Waals surface area contributed by atoms with Crippen molar-refractivity contribution in [3.05, 3.63) is 66.6 Å². The minimum Gasteiger partial charge on any atom is -0.495 e. The van der Waals surface area contributed by atoms with Crippen LogP contribution in [0.2, 0.25) is 0 Å². The second kappa shape index (κ2) is 8.14. The molecule has 0 N–H and O–H groups in total. The lowest BCUT2D eigenvalue weighted by Crippen LogP contribution is -2.05. The largest absolute Gasteiger partial charge is 0.495 e. The number of hydrogen-bond acceptors (Lipinski definition) is 8. The van der Waals surface area contributed by atoms with Crippen LogP contribution in [0, 0.1) is 12.8 Å². The molecule has 1 aliphatic carbocycles. The van der Waals surface area contributed by atoms with Gasteiger partial charge in [0.2, 0.25) is 5.88 Å². The molecule has 5 rings (SSSR count). The Bertz CT molecular complexity index is 1160. The Morgan fingerprint density at radius 1 is 1.00 bits per heavy atom. The lowest BCUT2D eigenvalue weighted by molar-refractivity contribution is 0.285. The van der Waals surface area contributed by atoms with Crippen LogP contribution < -0.4 is 9.47 Å². The summed E-state index contributed by atoms with van der Waals surface area (Å²) in [6, 6.07) is 11.8. The maximum absolute atomic E-state index is 6.15. The highest BCUT2D eigenvalue weighted by atomic mass is 16.5. The molecule has 0 radical (unpaired) electrons. The molecule has 1 saturated carbocycles. The average molecular weight is 415 g/mol. The van der Waals surface area contributed by atoms with Crippen molar-refractivity contribution in [2.75, 3.05) is 13.7 Å². The zero-order chi connectivity index (χ0) is 21.2. The molecule has 1 aromatic carbocycles. The molecule has 156 valence electrons. The molecule has 0 spiro atoms. The molecule has 4 aromatic rings. The molecule has 2 atom stereocenters. The van der Waals surface area contributed by atoms with Gasteiger partial charge < -0.3 is 14.0 Å². The Morgan fingerprint density at radius 2 is 1.84 bits per heavy atom. The van der Waals surface area contributed by atoms with E-state index in [1.807, 2.05) is 43.3 Å².